The van der Waals surface area contributed by atoms with Gasteiger partial charge >= 0.3 is 6.09 Å². The quantitative estimate of drug-likeness (QED) is 0.478. The summed E-state index contributed by atoms with van der Waals surface area (Å²) >= 11 is 0. The summed E-state index contributed by atoms with van der Waals surface area (Å²) in [6, 6.07) is 0. The Hall–Kier alpha value is -1.21. The molecular formula is C8H14N2O2. The molecule has 12 heavy (non-hydrogen) atoms. The van der Waals surface area contributed by atoms with Crippen molar-refractivity contribution in [2.45, 2.75) is 26.3 Å². The molecule has 68 valence electrons. The van der Waals surface area contributed by atoms with Gasteiger partial charge in [0.15, 0.2) is 0 Å². The van der Waals surface area contributed by atoms with Crippen LogP contribution in [0.1, 0.15) is 20.8 Å². The Morgan fingerprint density at radius 2 is 2.17 bits per heavy atom. The Morgan fingerprint density at radius 3 is 2.42 bits per heavy atom. The summed E-state index contributed by atoms with van der Waals surface area (Å²) in [7, 11) is 0. The first-order chi connectivity index (χ1) is 5.39. The van der Waals surface area contributed by atoms with Gasteiger partial charge in [0.05, 0.1) is 12.1 Å². The molecule has 0 aromatic rings. The number of nitrogens with zero attached hydrogens (tertiary/aromatic N) is 1. The minimum atomic E-state index is -1.03. The summed E-state index contributed by atoms with van der Waals surface area (Å²) in [5.41, 5.74) is 2.12. The van der Waals surface area contributed by atoms with Crippen molar-refractivity contribution in [1.82, 2.24) is 10.4 Å². The zero-order valence-corrected chi connectivity index (χ0v) is 7.59. The Labute approximate surface area is 72.5 Å². The van der Waals surface area contributed by atoms with E-state index < -0.39 is 11.6 Å². The highest BCUT2D eigenvalue weighted by atomic mass is 16.4. The monoisotopic (exact) mass is 170 g/mol. The molecule has 0 fully saturated rings. The van der Waals surface area contributed by atoms with Crippen molar-refractivity contribution in [2.75, 3.05) is 6.54 Å². The van der Waals surface area contributed by atoms with Gasteiger partial charge in [0.1, 0.15) is 0 Å². The molecule has 0 unspecified atom stereocenters. The van der Waals surface area contributed by atoms with Gasteiger partial charge in [-0.15, -0.1) is 6.42 Å². The normalized spacial score (nSPS) is 10.5. The molecule has 0 radical (unpaired) electrons. The molecule has 2 N–H and O–H groups in total. The van der Waals surface area contributed by atoms with Crippen LogP contribution in [-0.4, -0.2) is 28.3 Å². The summed E-state index contributed by atoms with van der Waals surface area (Å²) in [5.74, 6) is 2.31. The van der Waals surface area contributed by atoms with Crippen molar-refractivity contribution in [3.05, 3.63) is 0 Å². The van der Waals surface area contributed by atoms with Crippen LogP contribution in [0.15, 0.2) is 0 Å². The highest BCUT2D eigenvalue weighted by Crippen LogP contribution is 2.09. The molecule has 0 aromatic heterocycles. The average molecular weight is 170 g/mol. The molecule has 0 saturated carbocycles. The van der Waals surface area contributed by atoms with Crippen molar-refractivity contribution in [3.63, 3.8) is 0 Å². The fourth-order valence-electron chi connectivity index (χ4n) is 0.716. The summed E-state index contributed by atoms with van der Waals surface area (Å²) < 4.78 is 0. The van der Waals surface area contributed by atoms with Gasteiger partial charge in [-0.1, -0.05) is 5.92 Å². The molecule has 0 saturated heterocycles. The van der Waals surface area contributed by atoms with Gasteiger partial charge in [0.25, 0.3) is 0 Å². The van der Waals surface area contributed by atoms with E-state index in [0.29, 0.717) is 0 Å². The Morgan fingerprint density at radius 1 is 1.67 bits per heavy atom. The second-order valence-corrected chi connectivity index (χ2v) is 3.33. The summed E-state index contributed by atoms with van der Waals surface area (Å²) in [6.07, 6.45) is 3.96. The van der Waals surface area contributed by atoms with Crippen molar-refractivity contribution in [3.8, 4) is 12.3 Å². The third kappa shape index (κ3) is 3.26. The van der Waals surface area contributed by atoms with Gasteiger partial charge < -0.3 is 5.11 Å². The number of carboxylic acid groups (broad SMARTS) is 1. The molecule has 4 nitrogen and oxygen atoms in total. The lowest BCUT2D eigenvalue weighted by molar-refractivity contribution is 0.0685. The van der Waals surface area contributed by atoms with Crippen LogP contribution < -0.4 is 5.43 Å². The first kappa shape index (κ1) is 10.8. The van der Waals surface area contributed by atoms with E-state index in [2.05, 4.69) is 11.3 Å². The first-order valence-corrected chi connectivity index (χ1v) is 3.59. The molecule has 1 amide bonds. The van der Waals surface area contributed by atoms with E-state index in [4.69, 9.17) is 11.5 Å². The van der Waals surface area contributed by atoms with Crippen LogP contribution in [-0.2, 0) is 0 Å². The topological polar surface area (TPSA) is 52.6 Å². The lowest BCUT2D eigenvalue weighted by Gasteiger charge is -2.32. The van der Waals surface area contributed by atoms with Gasteiger partial charge in [-0.2, -0.15) is 0 Å². The smallest absolute Gasteiger partial charge is 0.422 e. The Balaban J connectivity index is 4.27. The van der Waals surface area contributed by atoms with E-state index in [1.54, 1.807) is 20.8 Å². The van der Waals surface area contributed by atoms with Gasteiger partial charge in [-0.25, -0.2) is 15.2 Å². The van der Waals surface area contributed by atoms with Gasteiger partial charge in [-0.3, -0.25) is 0 Å². The van der Waals surface area contributed by atoms with Crippen molar-refractivity contribution >= 4 is 6.09 Å². The van der Waals surface area contributed by atoms with E-state index >= 15 is 0 Å². The van der Waals surface area contributed by atoms with Crippen LogP contribution in [0, 0.1) is 12.3 Å². The number of carbonyl (C=O) groups is 1. The van der Waals surface area contributed by atoms with Crippen LogP contribution in [0.4, 0.5) is 4.79 Å². The highest BCUT2D eigenvalue weighted by Gasteiger charge is 2.25. The van der Waals surface area contributed by atoms with E-state index in [1.807, 2.05) is 0 Å². The summed E-state index contributed by atoms with van der Waals surface area (Å²) in [5, 5.41) is 9.82. The number of amides is 1. The molecule has 0 aliphatic rings. The zero-order chi connectivity index (χ0) is 9.78. The largest absolute Gasteiger partial charge is 0.464 e. The molecule has 0 heterocycles. The van der Waals surface area contributed by atoms with E-state index in [1.165, 1.54) is 0 Å². The van der Waals surface area contributed by atoms with Gasteiger partial charge in [0, 0.05) is 0 Å². The van der Waals surface area contributed by atoms with E-state index in [0.717, 1.165) is 5.01 Å². The average Bonchev–Trinajstić information content (AvgIpc) is 1.84. The first-order valence-electron chi connectivity index (χ1n) is 3.59. The van der Waals surface area contributed by atoms with Crippen LogP contribution in [0.5, 0.6) is 0 Å². The van der Waals surface area contributed by atoms with Crippen molar-refractivity contribution in [2.24, 2.45) is 0 Å². The second-order valence-electron chi connectivity index (χ2n) is 3.33. The third-order valence-electron chi connectivity index (χ3n) is 1.20. The molecule has 0 aliphatic heterocycles. The summed E-state index contributed by atoms with van der Waals surface area (Å²) in [6.45, 7) is 5.56. The predicted molar refractivity (Wildman–Crippen MR) is 46.5 cm³/mol. The third-order valence-corrected chi connectivity index (χ3v) is 1.20. The Bertz CT molecular complexity index is 200. The number of rotatable bonds is 2. The molecule has 0 rings (SSSR count). The predicted octanol–water partition coefficient (Wildman–Crippen LogP) is 0.903. The molecular weight excluding hydrogens is 156 g/mol. The maximum atomic E-state index is 10.6. The lowest BCUT2D eigenvalue weighted by Crippen LogP contribution is -2.53. The molecule has 0 spiro atoms. The van der Waals surface area contributed by atoms with Gasteiger partial charge in [0.2, 0.25) is 0 Å². The minimum Gasteiger partial charge on any atom is -0.464 e. The molecule has 0 bridgehead atoms. The highest BCUT2D eigenvalue weighted by molar-refractivity contribution is 5.65. The molecule has 0 atom stereocenters. The van der Waals surface area contributed by atoms with Crippen LogP contribution >= 0.6 is 0 Å². The summed E-state index contributed by atoms with van der Waals surface area (Å²) in [4.78, 5) is 10.6. The number of terminal acetylenes is 1. The van der Waals surface area contributed by atoms with Crippen LogP contribution in [0.3, 0.4) is 0 Å². The van der Waals surface area contributed by atoms with Gasteiger partial charge in [-0.05, 0) is 20.8 Å². The lowest BCUT2D eigenvalue weighted by atomic mass is 10.1. The number of hydrazine groups is 1. The number of nitrogens with one attached hydrogen (secondary N) is 1. The van der Waals surface area contributed by atoms with E-state index in [9.17, 15) is 4.79 Å². The Kier molecular flexibility index (Phi) is 3.58. The maximum Gasteiger partial charge on any atom is 0.422 e. The maximum absolute atomic E-state index is 10.6. The standard InChI is InChI=1S/C8H14N2O2/c1-5-6-9-10(7(11)12)8(2,3)4/h1,9H,6H2,2-4H3,(H,11,12). The molecule has 4 heteroatoms. The minimum absolute atomic E-state index is 0.212. The van der Waals surface area contributed by atoms with Crippen molar-refractivity contribution < 1.29 is 9.90 Å². The molecule has 0 aromatic carbocycles. The zero-order valence-electron chi connectivity index (χ0n) is 7.59. The van der Waals surface area contributed by atoms with Crippen LogP contribution in [0.25, 0.3) is 0 Å². The van der Waals surface area contributed by atoms with Crippen LogP contribution in [0.2, 0.25) is 0 Å². The number of hydrogen-bond acceptors (Lipinski definition) is 2. The molecule has 0 aliphatic carbocycles. The number of hydrogen-bond donors (Lipinski definition) is 2. The SMILES string of the molecule is C#CCNN(C(=O)O)C(C)(C)C. The van der Waals surface area contributed by atoms with Crippen molar-refractivity contribution in [1.29, 1.82) is 0 Å². The fourth-order valence-corrected chi connectivity index (χ4v) is 0.716. The second kappa shape index (κ2) is 3.98. The van der Waals surface area contributed by atoms with E-state index in [-0.39, 0.29) is 6.54 Å². The fraction of sp³-hybridized carbons (Fsp3) is 0.625.